The van der Waals surface area contributed by atoms with Crippen molar-refractivity contribution in [1.82, 2.24) is 9.88 Å². The van der Waals surface area contributed by atoms with Crippen LogP contribution in [0.1, 0.15) is 43.8 Å². The van der Waals surface area contributed by atoms with Gasteiger partial charge in [0.15, 0.2) is 17.3 Å². The van der Waals surface area contributed by atoms with Crippen LogP contribution < -0.4 is 5.73 Å². The number of aromatic hydroxyl groups is 2. The quantitative estimate of drug-likeness (QED) is 0.396. The normalized spacial score (nSPS) is 19.2. The highest BCUT2D eigenvalue weighted by molar-refractivity contribution is 6.32. The number of fused-ring (bicyclic) bond motifs is 3. The Morgan fingerprint density at radius 1 is 1.07 bits per heavy atom. The van der Waals surface area contributed by atoms with Crippen molar-refractivity contribution in [2.45, 2.75) is 19.0 Å². The molecular weight excluding hydrogens is 358 g/mol. The van der Waals surface area contributed by atoms with Gasteiger partial charge < -0.3 is 20.9 Å². The Kier molecular flexibility index (Phi) is 3.59. The lowest BCUT2D eigenvalue weighted by Crippen LogP contribution is -2.26. The summed E-state index contributed by atoms with van der Waals surface area (Å²) in [6.07, 6.45) is 2.60. The van der Waals surface area contributed by atoms with E-state index >= 15 is 0 Å². The molecule has 0 bridgehead atoms. The summed E-state index contributed by atoms with van der Waals surface area (Å²) in [6, 6.07) is 6.56. The van der Waals surface area contributed by atoms with E-state index in [-0.39, 0.29) is 45.3 Å². The summed E-state index contributed by atoms with van der Waals surface area (Å²) in [7, 11) is 0. The van der Waals surface area contributed by atoms with E-state index < -0.39 is 11.6 Å². The first-order valence-electron chi connectivity index (χ1n) is 9.21. The van der Waals surface area contributed by atoms with E-state index in [1.54, 1.807) is 30.5 Å². The smallest absolute Gasteiger partial charge is 0.198 e. The number of phenols is 2. The van der Waals surface area contributed by atoms with E-state index in [2.05, 4.69) is 9.88 Å². The molecule has 1 saturated heterocycles. The third-order valence-corrected chi connectivity index (χ3v) is 5.73. The van der Waals surface area contributed by atoms with E-state index in [9.17, 15) is 19.8 Å². The Morgan fingerprint density at radius 3 is 2.32 bits per heavy atom. The standard InChI is InChI=1S/C21H19N3O4/c22-11-5-6-24(9-11)8-10-7-23-17-14(10)20(27)15-16(21(17)28)19(26)13-4-2-1-3-12(13)18(15)25/h1-4,7,11,23,27-28H,5-6,8-9,22H2/t11-/m0/s1. The number of aromatic nitrogens is 1. The Bertz CT molecular complexity index is 1160. The molecule has 1 aliphatic carbocycles. The van der Waals surface area contributed by atoms with Crippen molar-refractivity contribution in [3.05, 3.63) is 58.3 Å². The zero-order valence-corrected chi connectivity index (χ0v) is 15.0. The van der Waals surface area contributed by atoms with Crippen LogP contribution in [0.4, 0.5) is 0 Å². The van der Waals surface area contributed by atoms with Gasteiger partial charge in [-0.05, 0) is 12.0 Å². The lowest BCUT2D eigenvalue weighted by atomic mass is 9.82. The van der Waals surface area contributed by atoms with Gasteiger partial charge in [-0.15, -0.1) is 0 Å². The number of hydrogen-bond acceptors (Lipinski definition) is 6. The maximum Gasteiger partial charge on any atom is 0.198 e. The SMILES string of the molecule is N[C@H]1CCN(Cc2c[nH]c3c(O)c4c(c(O)c23)C(=O)c2ccccc2C4=O)C1. The highest BCUT2D eigenvalue weighted by Gasteiger charge is 2.37. The van der Waals surface area contributed by atoms with Crippen LogP contribution in [0.2, 0.25) is 0 Å². The summed E-state index contributed by atoms with van der Waals surface area (Å²) in [6.45, 7) is 2.11. The summed E-state index contributed by atoms with van der Waals surface area (Å²) in [5, 5.41) is 22.2. The average molecular weight is 377 g/mol. The van der Waals surface area contributed by atoms with Gasteiger partial charge >= 0.3 is 0 Å². The summed E-state index contributed by atoms with van der Waals surface area (Å²) < 4.78 is 0. The summed E-state index contributed by atoms with van der Waals surface area (Å²) >= 11 is 0. The van der Waals surface area contributed by atoms with Crippen molar-refractivity contribution in [3.8, 4) is 11.5 Å². The highest BCUT2D eigenvalue weighted by atomic mass is 16.3. The maximum absolute atomic E-state index is 13.0. The van der Waals surface area contributed by atoms with Crippen molar-refractivity contribution in [2.75, 3.05) is 13.1 Å². The molecule has 1 aromatic heterocycles. The first-order chi connectivity index (χ1) is 13.5. The molecule has 0 amide bonds. The number of nitrogens with one attached hydrogen (secondary N) is 1. The Balaban J connectivity index is 1.71. The van der Waals surface area contributed by atoms with Gasteiger partial charge in [-0.25, -0.2) is 0 Å². The van der Waals surface area contributed by atoms with Gasteiger partial charge in [0, 0.05) is 43.0 Å². The number of nitrogens with two attached hydrogens (primary N) is 1. The molecule has 1 aliphatic heterocycles. The molecule has 1 fully saturated rings. The molecule has 3 aromatic rings. The van der Waals surface area contributed by atoms with Crippen LogP contribution >= 0.6 is 0 Å². The molecule has 5 rings (SSSR count). The molecule has 2 aromatic carbocycles. The molecule has 0 unspecified atom stereocenters. The average Bonchev–Trinajstić information content (AvgIpc) is 3.29. The van der Waals surface area contributed by atoms with E-state index in [0.717, 1.165) is 25.1 Å². The molecule has 0 spiro atoms. The van der Waals surface area contributed by atoms with Crippen LogP contribution in [0, 0.1) is 0 Å². The van der Waals surface area contributed by atoms with Crippen molar-refractivity contribution in [3.63, 3.8) is 0 Å². The number of phenolic OH excluding ortho intramolecular Hbond substituents is 2. The number of H-pyrrole nitrogens is 1. The van der Waals surface area contributed by atoms with Crippen LogP contribution in [-0.2, 0) is 6.54 Å². The Morgan fingerprint density at radius 2 is 1.71 bits per heavy atom. The van der Waals surface area contributed by atoms with Gasteiger partial charge in [0.05, 0.1) is 22.0 Å². The van der Waals surface area contributed by atoms with Crippen LogP contribution in [0.3, 0.4) is 0 Å². The number of benzene rings is 2. The number of ketones is 2. The van der Waals surface area contributed by atoms with E-state index in [4.69, 9.17) is 5.73 Å². The Labute approximate surface area is 160 Å². The monoisotopic (exact) mass is 377 g/mol. The van der Waals surface area contributed by atoms with Crippen molar-refractivity contribution in [2.24, 2.45) is 5.73 Å². The van der Waals surface area contributed by atoms with Crippen molar-refractivity contribution >= 4 is 22.5 Å². The molecule has 0 radical (unpaired) electrons. The van der Waals surface area contributed by atoms with Gasteiger partial charge in [-0.1, -0.05) is 24.3 Å². The topological polar surface area (TPSA) is 120 Å². The van der Waals surface area contributed by atoms with Gasteiger partial charge in [-0.2, -0.15) is 0 Å². The predicted octanol–water partition coefficient (Wildman–Crippen LogP) is 1.89. The summed E-state index contributed by atoms with van der Waals surface area (Å²) in [5.74, 6) is -1.51. The van der Waals surface area contributed by atoms with Crippen LogP contribution in [0.15, 0.2) is 30.5 Å². The van der Waals surface area contributed by atoms with Crippen LogP contribution in [0.25, 0.3) is 10.9 Å². The minimum absolute atomic E-state index is 0.121. The van der Waals surface area contributed by atoms with Crippen molar-refractivity contribution < 1.29 is 19.8 Å². The van der Waals surface area contributed by atoms with Crippen LogP contribution in [-0.4, -0.2) is 50.8 Å². The predicted molar refractivity (Wildman–Crippen MR) is 103 cm³/mol. The highest BCUT2D eigenvalue weighted by Crippen LogP contribution is 2.45. The second kappa shape index (κ2) is 5.92. The number of aromatic amines is 1. The fourth-order valence-corrected chi connectivity index (χ4v) is 4.37. The van der Waals surface area contributed by atoms with Gasteiger partial charge in [0.1, 0.15) is 5.75 Å². The molecule has 28 heavy (non-hydrogen) atoms. The molecule has 2 aliphatic rings. The van der Waals surface area contributed by atoms with E-state index in [0.29, 0.717) is 11.9 Å². The largest absolute Gasteiger partial charge is 0.506 e. The number of carbonyl (C=O) groups is 2. The fraction of sp³-hybridized carbons (Fsp3) is 0.238. The summed E-state index contributed by atoms with van der Waals surface area (Å²) in [4.78, 5) is 31.1. The maximum atomic E-state index is 13.0. The number of carbonyl (C=O) groups excluding carboxylic acids is 2. The molecule has 1 atom stereocenters. The third-order valence-electron chi connectivity index (χ3n) is 5.73. The van der Waals surface area contributed by atoms with Gasteiger partial charge in [0.25, 0.3) is 0 Å². The second-order valence-corrected chi connectivity index (χ2v) is 7.50. The molecule has 2 heterocycles. The molecule has 7 heteroatoms. The molecule has 5 N–H and O–H groups in total. The first-order valence-corrected chi connectivity index (χ1v) is 9.21. The molecular formula is C21H19N3O4. The lowest BCUT2D eigenvalue weighted by molar-refractivity contribution is 0.0974. The number of hydrogen-bond donors (Lipinski definition) is 4. The third kappa shape index (κ3) is 2.23. The summed E-state index contributed by atoms with van der Waals surface area (Å²) in [5.41, 5.74) is 7.16. The Hall–Kier alpha value is -3.16. The number of likely N-dealkylation sites (tertiary alicyclic amines) is 1. The zero-order valence-electron chi connectivity index (χ0n) is 15.0. The minimum Gasteiger partial charge on any atom is -0.506 e. The molecule has 7 nitrogen and oxygen atoms in total. The van der Waals surface area contributed by atoms with E-state index in [1.807, 2.05) is 0 Å². The van der Waals surface area contributed by atoms with Crippen molar-refractivity contribution in [1.29, 1.82) is 0 Å². The molecule has 0 saturated carbocycles. The second-order valence-electron chi connectivity index (χ2n) is 7.50. The van der Waals surface area contributed by atoms with E-state index in [1.165, 1.54) is 0 Å². The number of nitrogens with zero attached hydrogens (tertiary/aromatic N) is 1. The fourth-order valence-electron chi connectivity index (χ4n) is 4.37. The lowest BCUT2D eigenvalue weighted by Gasteiger charge is -2.21. The molecule has 142 valence electrons. The van der Waals surface area contributed by atoms with Gasteiger partial charge in [-0.3, -0.25) is 14.5 Å². The first kappa shape index (κ1) is 17.0. The minimum atomic E-state index is -0.471. The zero-order chi connectivity index (χ0) is 19.6. The van der Waals surface area contributed by atoms with Gasteiger partial charge in [0.2, 0.25) is 0 Å². The number of rotatable bonds is 2. The van der Waals surface area contributed by atoms with Crippen LogP contribution in [0.5, 0.6) is 11.5 Å².